The van der Waals surface area contributed by atoms with E-state index in [1.807, 2.05) is 54.2 Å². The van der Waals surface area contributed by atoms with E-state index in [9.17, 15) is 4.79 Å². The molecule has 9 heteroatoms. The molecule has 4 aromatic rings. The second-order valence-electron chi connectivity index (χ2n) is 8.98. The topological polar surface area (TPSA) is 66.4 Å². The lowest BCUT2D eigenvalue weighted by molar-refractivity contribution is 0.122. The molecule has 0 aliphatic carbocycles. The van der Waals surface area contributed by atoms with Gasteiger partial charge in [0.2, 0.25) is 0 Å². The van der Waals surface area contributed by atoms with Crippen LogP contribution in [0.25, 0.3) is 22.2 Å². The summed E-state index contributed by atoms with van der Waals surface area (Å²) in [5.74, 6) is -0.346. The summed E-state index contributed by atoms with van der Waals surface area (Å²) in [4.78, 5) is 24.8. The number of likely N-dealkylation sites (N-methyl/N-ethyl adjacent to an activating group) is 1. The van der Waals surface area contributed by atoms with Gasteiger partial charge in [-0.3, -0.25) is 4.79 Å². The molecule has 1 fully saturated rings. The molecule has 1 aliphatic heterocycles. The van der Waals surface area contributed by atoms with E-state index < -0.39 is 0 Å². The van der Waals surface area contributed by atoms with Crippen molar-refractivity contribution in [3.8, 4) is 11.1 Å². The highest BCUT2D eigenvalue weighted by atomic mass is 35.5. The zero-order valence-electron chi connectivity index (χ0n) is 19.7. The van der Waals surface area contributed by atoms with Crippen LogP contribution in [0.1, 0.15) is 11.6 Å². The van der Waals surface area contributed by atoms with Crippen molar-refractivity contribution < 1.29 is 9.13 Å². The van der Waals surface area contributed by atoms with E-state index >= 15 is 4.39 Å². The van der Waals surface area contributed by atoms with Gasteiger partial charge in [-0.15, -0.1) is 0 Å². The summed E-state index contributed by atoms with van der Waals surface area (Å²) in [5.41, 5.74) is 2.90. The van der Waals surface area contributed by atoms with E-state index in [-0.39, 0.29) is 17.4 Å². The molecule has 7 nitrogen and oxygen atoms in total. The fourth-order valence-electron chi connectivity index (χ4n) is 4.63. The molecule has 3 aromatic heterocycles. The lowest BCUT2D eigenvalue weighted by Crippen LogP contribution is -2.36. The Kier molecular flexibility index (Phi) is 6.60. The maximum Gasteiger partial charge on any atom is 0.251 e. The van der Waals surface area contributed by atoms with Gasteiger partial charge in [0.1, 0.15) is 5.65 Å². The third-order valence-corrected chi connectivity index (χ3v) is 6.57. The van der Waals surface area contributed by atoms with Gasteiger partial charge in [0.25, 0.3) is 5.56 Å². The molecule has 0 bridgehead atoms. The summed E-state index contributed by atoms with van der Waals surface area (Å²) in [6, 6.07) is 10.7. The van der Waals surface area contributed by atoms with Gasteiger partial charge in [-0.25, -0.2) is 9.37 Å². The van der Waals surface area contributed by atoms with E-state index in [4.69, 9.17) is 16.3 Å². The van der Waals surface area contributed by atoms with Gasteiger partial charge in [0.15, 0.2) is 5.82 Å². The molecule has 4 heterocycles. The second-order valence-corrected chi connectivity index (χ2v) is 9.41. The molecule has 1 aliphatic rings. The first-order chi connectivity index (χ1) is 16.9. The highest BCUT2D eigenvalue weighted by Gasteiger charge is 2.22. The zero-order valence-corrected chi connectivity index (χ0v) is 20.4. The Labute approximate surface area is 207 Å². The first-order valence-corrected chi connectivity index (χ1v) is 11.9. The third-order valence-electron chi connectivity index (χ3n) is 6.34. The Balaban J connectivity index is 1.56. The van der Waals surface area contributed by atoms with Crippen molar-refractivity contribution in [3.05, 3.63) is 81.7 Å². The number of nitrogens with zero attached hydrogens (tertiary/aromatic N) is 4. The van der Waals surface area contributed by atoms with E-state index in [2.05, 4.69) is 9.97 Å². The first kappa shape index (κ1) is 23.5. The molecule has 5 rings (SSSR count). The Hall–Kier alpha value is -3.20. The Bertz CT molecular complexity index is 1410. The molecular weight excluding hydrogens is 469 g/mol. The Morgan fingerprint density at radius 2 is 2.03 bits per heavy atom. The number of aromatic amines is 1. The molecule has 182 valence electrons. The van der Waals surface area contributed by atoms with Crippen molar-refractivity contribution in [1.29, 1.82) is 0 Å². The van der Waals surface area contributed by atoms with E-state index in [0.29, 0.717) is 65.7 Å². The van der Waals surface area contributed by atoms with Crippen LogP contribution in [0, 0.1) is 5.82 Å². The number of aromatic nitrogens is 3. The molecule has 1 atom stereocenters. The van der Waals surface area contributed by atoms with Crippen LogP contribution < -0.4 is 10.5 Å². The minimum Gasteiger partial charge on any atom is -0.378 e. The lowest BCUT2D eigenvalue weighted by Gasteiger charge is -2.28. The third kappa shape index (κ3) is 4.69. The van der Waals surface area contributed by atoms with Crippen molar-refractivity contribution in [1.82, 2.24) is 19.4 Å². The standard InChI is InChI=1S/C26H27ClFN5O2/c1-31(2)16-22(18-4-3-5-19(27)12-18)33-7-6-17(13-23(33)34)20-14-29-26-24(20)25(28)21(15-30-26)32-8-10-35-11-9-32/h3-7,12-15,22H,8-11,16H2,1-2H3,(H,29,30)/t22-/m1/s1. The minimum absolute atomic E-state index is 0.179. The quantitative estimate of drug-likeness (QED) is 0.435. The Morgan fingerprint density at radius 1 is 1.23 bits per heavy atom. The van der Waals surface area contributed by atoms with Crippen LogP contribution in [0.15, 0.2) is 59.8 Å². The van der Waals surface area contributed by atoms with E-state index in [1.165, 1.54) is 0 Å². The summed E-state index contributed by atoms with van der Waals surface area (Å²) in [6.45, 7) is 2.94. The number of nitrogens with one attached hydrogen (secondary N) is 1. The van der Waals surface area contributed by atoms with Crippen LogP contribution in [-0.4, -0.2) is 66.4 Å². The van der Waals surface area contributed by atoms with Crippen molar-refractivity contribution in [2.75, 3.05) is 51.8 Å². The molecule has 0 unspecified atom stereocenters. The summed E-state index contributed by atoms with van der Waals surface area (Å²) in [6.07, 6.45) is 5.03. The SMILES string of the molecule is CN(C)C[C@H](c1cccc(Cl)c1)n1ccc(-c2c[nH]c3ncc(N4CCOCC4)c(F)c23)cc1=O. The van der Waals surface area contributed by atoms with E-state index in [1.54, 1.807) is 29.2 Å². The van der Waals surface area contributed by atoms with Crippen LogP contribution in [0.4, 0.5) is 10.1 Å². The fourth-order valence-corrected chi connectivity index (χ4v) is 4.83. The summed E-state index contributed by atoms with van der Waals surface area (Å²) in [5, 5.41) is 1.000. The minimum atomic E-state index is -0.346. The smallest absolute Gasteiger partial charge is 0.251 e. The fraction of sp³-hybridized carbons (Fsp3) is 0.308. The summed E-state index contributed by atoms with van der Waals surface area (Å²) < 4.78 is 22.8. The number of fused-ring (bicyclic) bond motifs is 1. The number of morpholine rings is 1. The largest absolute Gasteiger partial charge is 0.378 e. The number of ether oxygens (including phenoxy) is 1. The molecule has 1 N–H and O–H groups in total. The molecule has 35 heavy (non-hydrogen) atoms. The van der Waals surface area contributed by atoms with Crippen LogP contribution in [0.5, 0.6) is 0 Å². The highest BCUT2D eigenvalue weighted by Crippen LogP contribution is 2.34. The van der Waals surface area contributed by atoms with Gasteiger partial charge in [-0.05, 0) is 43.4 Å². The number of anilines is 1. The molecule has 1 saturated heterocycles. The second kappa shape index (κ2) is 9.81. The number of rotatable bonds is 6. The number of pyridine rings is 2. The molecular formula is C26H27ClFN5O2. The van der Waals surface area contributed by atoms with Crippen molar-refractivity contribution in [3.63, 3.8) is 0 Å². The van der Waals surface area contributed by atoms with Crippen molar-refractivity contribution >= 4 is 28.3 Å². The average molecular weight is 496 g/mol. The predicted octanol–water partition coefficient (Wildman–Crippen LogP) is 4.17. The number of hydrogen-bond donors (Lipinski definition) is 1. The van der Waals surface area contributed by atoms with Gasteiger partial charge in [-0.2, -0.15) is 0 Å². The molecule has 0 radical (unpaired) electrons. The number of H-pyrrole nitrogens is 1. The highest BCUT2D eigenvalue weighted by molar-refractivity contribution is 6.30. The Morgan fingerprint density at radius 3 is 2.74 bits per heavy atom. The first-order valence-electron chi connectivity index (χ1n) is 11.5. The van der Waals surface area contributed by atoms with Crippen LogP contribution in [0.2, 0.25) is 5.02 Å². The number of benzene rings is 1. The maximum absolute atomic E-state index is 15.7. The van der Waals surface area contributed by atoms with Crippen LogP contribution >= 0.6 is 11.6 Å². The van der Waals surface area contributed by atoms with Crippen molar-refractivity contribution in [2.24, 2.45) is 0 Å². The lowest BCUT2D eigenvalue weighted by atomic mass is 10.0. The summed E-state index contributed by atoms with van der Waals surface area (Å²) in [7, 11) is 3.93. The van der Waals surface area contributed by atoms with E-state index in [0.717, 1.165) is 5.56 Å². The monoisotopic (exact) mass is 495 g/mol. The zero-order chi connectivity index (χ0) is 24.5. The maximum atomic E-state index is 15.7. The van der Waals surface area contributed by atoms with Gasteiger partial charge in [0, 0.05) is 48.7 Å². The number of halogens is 2. The van der Waals surface area contributed by atoms with Gasteiger partial charge >= 0.3 is 0 Å². The molecule has 1 aromatic carbocycles. The van der Waals surface area contributed by atoms with Crippen LogP contribution in [-0.2, 0) is 4.74 Å². The summed E-state index contributed by atoms with van der Waals surface area (Å²) >= 11 is 6.23. The number of hydrogen-bond acceptors (Lipinski definition) is 5. The average Bonchev–Trinajstić information content (AvgIpc) is 3.28. The molecule has 0 saturated carbocycles. The van der Waals surface area contributed by atoms with Crippen LogP contribution in [0.3, 0.4) is 0 Å². The predicted molar refractivity (Wildman–Crippen MR) is 137 cm³/mol. The molecule has 0 amide bonds. The van der Waals surface area contributed by atoms with Gasteiger partial charge in [0.05, 0.1) is 36.5 Å². The van der Waals surface area contributed by atoms with Gasteiger partial charge < -0.3 is 24.1 Å². The normalized spacial score (nSPS) is 15.2. The van der Waals surface area contributed by atoms with Gasteiger partial charge in [-0.1, -0.05) is 23.7 Å². The van der Waals surface area contributed by atoms with Crippen molar-refractivity contribution in [2.45, 2.75) is 6.04 Å². The molecule has 0 spiro atoms.